The summed E-state index contributed by atoms with van der Waals surface area (Å²) in [7, 11) is 0. The number of hydrogen-bond donors (Lipinski definition) is 5. The summed E-state index contributed by atoms with van der Waals surface area (Å²) in [6.07, 6.45) is -6.29. The van der Waals surface area contributed by atoms with Crippen LogP contribution in [0.25, 0.3) is 0 Å². The Balaban J connectivity index is 2.16. The third-order valence-corrected chi connectivity index (χ3v) is 3.15. The van der Waals surface area contributed by atoms with Gasteiger partial charge in [0.25, 0.3) is 0 Å². The first-order chi connectivity index (χ1) is 10.1. The average Bonchev–Trinajstić information content (AvgIpc) is 2.49. The second kappa shape index (κ2) is 10.7. The molecule has 9 heteroatoms. The molecule has 0 spiro atoms. The lowest BCUT2D eigenvalue weighted by Crippen LogP contribution is -2.59. The molecule has 1 rings (SSSR count). The Bertz CT molecular complexity index is 268. The van der Waals surface area contributed by atoms with Crippen molar-refractivity contribution in [1.82, 2.24) is 0 Å². The summed E-state index contributed by atoms with van der Waals surface area (Å²) in [4.78, 5) is 0. The molecular weight excluding hydrogens is 304 g/mol. The van der Waals surface area contributed by atoms with Crippen LogP contribution in [0.4, 0.5) is 0 Å². The van der Waals surface area contributed by atoms with Gasteiger partial charge in [0.05, 0.1) is 39.6 Å². The highest BCUT2D eigenvalue weighted by Crippen LogP contribution is 2.21. The highest BCUT2D eigenvalue weighted by atomic mass is 32.1. The van der Waals surface area contributed by atoms with Crippen LogP contribution in [0, 0.1) is 0 Å². The fraction of sp³-hybridized carbons (Fsp3) is 1.00. The van der Waals surface area contributed by atoms with Gasteiger partial charge in [-0.15, -0.1) is 0 Å². The van der Waals surface area contributed by atoms with Crippen LogP contribution in [0.1, 0.15) is 0 Å². The van der Waals surface area contributed by atoms with Crippen LogP contribution >= 0.6 is 12.6 Å². The molecule has 4 N–H and O–H groups in total. The van der Waals surface area contributed by atoms with Gasteiger partial charge in [-0.05, 0) is 0 Å². The number of aliphatic hydroxyl groups excluding tert-OH is 4. The van der Waals surface area contributed by atoms with Gasteiger partial charge in [0.2, 0.25) is 0 Å². The second-order valence-electron chi connectivity index (χ2n) is 4.52. The molecule has 126 valence electrons. The summed E-state index contributed by atoms with van der Waals surface area (Å²) in [6.45, 7) is 1.35. The minimum Gasteiger partial charge on any atom is -0.394 e. The lowest BCUT2D eigenvalue weighted by molar-refractivity contribution is -0.302. The normalized spacial score (nSPS) is 33.3. The number of aliphatic hydroxyl groups is 4. The Morgan fingerprint density at radius 2 is 1.48 bits per heavy atom. The molecule has 0 saturated carbocycles. The Morgan fingerprint density at radius 3 is 2.10 bits per heavy atom. The fourth-order valence-corrected chi connectivity index (χ4v) is 1.94. The van der Waals surface area contributed by atoms with E-state index in [1.165, 1.54) is 0 Å². The first-order valence-corrected chi connectivity index (χ1v) is 7.43. The maximum Gasteiger partial charge on any atom is 0.186 e. The summed E-state index contributed by atoms with van der Waals surface area (Å²) >= 11 is 4.00. The maximum atomic E-state index is 9.71. The summed E-state index contributed by atoms with van der Waals surface area (Å²) in [5.74, 6) is 0.653. The molecule has 5 atom stereocenters. The Hall–Kier alpha value is 0.0300. The topological polar surface area (TPSA) is 118 Å². The number of hydrogen-bond acceptors (Lipinski definition) is 9. The van der Waals surface area contributed by atoms with Crippen LogP contribution in [0.15, 0.2) is 0 Å². The van der Waals surface area contributed by atoms with Gasteiger partial charge in [0.15, 0.2) is 6.29 Å². The molecule has 0 radical (unpaired) electrons. The van der Waals surface area contributed by atoms with Gasteiger partial charge in [0.1, 0.15) is 24.4 Å². The zero-order chi connectivity index (χ0) is 15.7. The lowest BCUT2D eigenvalue weighted by Gasteiger charge is -2.39. The highest BCUT2D eigenvalue weighted by Gasteiger charge is 2.43. The van der Waals surface area contributed by atoms with Crippen molar-refractivity contribution in [2.24, 2.45) is 0 Å². The van der Waals surface area contributed by atoms with E-state index in [9.17, 15) is 15.3 Å². The van der Waals surface area contributed by atoms with Crippen molar-refractivity contribution >= 4 is 12.6 Å². The monoisotopic (exact) mass is 328 g/mol. The Labute approximate surface area is 129 Å². The molecule has 0 aliphatic carbocycles. The molecule has 1 heterocycles. The smallest absolute Gasteiger partial charge is 0.186 e. The van der Waals surface area contributed by atoms with Crippen molar-refractivity contribution in [3.63, 3.8) is 0 Å². The minimum absolute atomic E-state index is 0.134. The van der Waals surface area contributed by atoms with E-state index in [1.54, 1.807) is 0 Å². The van der Waals surface area contributed by atoms with Crippen LogP contribution in [-0.4, -0.2) is 96.5 Å². The molecule has 1 aliphatic heterocycles. The molecule has 21 heavy (non-hydrogen) atoms. The van der Waals surface area contributed by atoms with Gasteiger partial charge >= 0.3 is 0 Å². The third-order valence-electron chi connectivity index (χ3n) is 2.97. The summed E-state index contributed by atoms with van der Waals surface area (Å²) in [6, 6.07) is 0. The molecule has 0 aromatic heterocycles. The Morgan fingerprint density at radius 1 is 0.857 bits per heavy atom. The van der Waals surface area contributed by atoms with Gasteiger partial charge in [-0.2, -0.15) is 12.6 Å². The van der Waals surface area contributed by atoms with Gasteiger partial charge in [-0.25, -0.2) is 0 Å². The molecule has 0 amide bonds. The lowest BCUT2D eigenvalue weighted by atomic mass is 9.99. The van der Waals surface area contributed by atoms with Crippen molar-refractivity contribution in [3.8, 4) is 0 Å². The number of thiol groups is 1. The Kier molecular flexibility index (Phi) is 9.73. The van der Waals surface area contributed by atoms with Gasteiger partial charge in [-0.3, -0.25) is 0 Å². The van der Waals surface area contributed by atoms with E-state index < -0.39 is 37.3 Å². The minimum atomic E-state index is -1.43. The molecule has 8 nitrogen and oxygen atoms in total. The second-order valence-corrected chi connectivity index (χ2v) is 4.96. The fourth-order valence-electron chi connectivity index (χ4n) is 1.81. The van der Waals surface area contributed by atoms with Crippen LogP contribution in [0.3, 0.4) is 0 Å². The summed E-state index contributed by atoms with van der Waals surface area (Å²) < 4.78 is 20.8. The van der Waals surface area contributed by atoms with Crippen LogP contribution < -0.4 is 0 Å². The predicted molar refractivity (Wildman–Crippen MR) is 75.2 cm³/mol. The molecule has 0 bridgehead atoms. The van der Waals surface area contributed by atoms with Crippen molar-refractivity contribution in [2.45, 2.75) is 30.7 Å². The van der Waals surface area contributed by atoms with Crippen molar-refractivity contribution in [2.75, 3.05) is 45.4 Å². The van der Waals surface area contributed by atoms with E-state index in [0.717, 1.165) is 0 Å². The van der Waals surface area contributed by atoms with E-state index in [2.05, 4.69) is 12.6 Å². The van der Waals surface area contributed by atoms with E-state index in [1.807, 2.05) is 0 Å². The highest BCUT2D eigenvalue weighted by molar-refractivity contribution is 7.80. The summed E-state index contributed by atoms with van der Waals surface area (Å²) in [5.41, 5.74) is 0. The standard InChI is InChI=1S/C12H24O8S/c13-7-8-9(14)10(15)11(16)12(20-8)19-4-3-17-1-2-18-5-6-21/h8-16,21H,1-7H2/t8-,9+,10+,11-,12+/m1/s1. The zero-order valence-electron chi connectivity index (χ0n) is 11.7. The van der Waals surface area contributed by atoms with E-state index >= 15 is 0 Å². The number of ether oxygens (including phenoxy) is 4. The molecule has 1 saturated heterocycles. The third kappa shape index (κ3) is 6.35. The largest absolute Gasteiger partial charge is 0.394 e. The van der Waals surface area contributed by atoms with Gasteiger partial charge < -0.3 is 39.4 Å². The van der Waals surface area contributed by atoms with E-state index in [0.29, 0.717) is 25.6 Å². The first kappa shape index (κ1) is 19.1. The summed E-state index contributed by atoms with van der Waals surface area (Å²) in [5, 5.41) is 37.9. The number of rotatable bonds is 10. The van der Waals surface area contributed by atoms with Crippen molar-refractivity contribution in [3.05, 3.63) is 0 Å². The first-order valence-electron chi connectivity index (χ1n) is 6.80. The van der Waals surface area contributed by atoms with Crippen molar-refractivity contribution < 1.29 is 39.4 Å². The molecule has 0 aromatic rings. The van der Waals surface area contributed by atoms with Gasteiger partial charge in [-0.1, -0.05) is 0 Å². The molecule has 1 aliphatic rings. The van der Waals surface area contributed by atoms with Crippen LogP contribution in [-0.2, 0) is 18.9 Å². The molecule has 0 unspecified atom stereocenters. The van der Waals surface area contributed by atoms with Gasteiger partial charge in [0, 0.05) is 5.75 Å². The van der Waals surface area contributed by atoms with E-state index in [4.69, 9.17) is 24.1 Å². The molecular formula is C12H24O8S. The SMILES string of the molecule is OC[C@H]1O[C@H](OCCOCCOCCS)[C@H](O)[C@@H](O)[C@H]1O. The average molecular weight is 328 g/mol. The van der Waals surface area contributed by atoms with Crippen LogP contribution in [0.2, 0.25) is 0 Å². The van der Waals surface area contributed by atoms with E-state index in [-0.39, 0.29) is 13.2 Å². The molecule has 0 aromatic carbocycles. The zero-order valence-corrected chi connectivity index (χ0v) is 12.6. The maximum absolute atomic E-state index is 9.71. The van der Waals surface area contributed by atoms with Crippen LogP contribution in [0.5, 0.6) is 0 Å². The quantitative estimate of drug-likeness (QED) is 0.226. The predicted octanol–water partition coefficient (Wildman–Crippen LogP) is -2.23. The molecule has 1 fully saturated rings. The van der Waals surface area contributed by atoms with Crippen molar-refractivity contribution in [1.29, 1.82) is 0 Å².